The number of hydrazone groups is 1. The largest absolute Gasteiger partial charge is 0.333 e. The van der Waals surface area contributed by atoms with Crippen LogP contribution in [0.3, 0.4) is 0 Å². The Morgan fingerprint density at radius 3 is 2.81 bits per heavy atom. The van der Waals surface area contributed by atoms with Gasteiger partial charge in [-0.3, -0.25) is 9.59 Å². The second kappa shape index (κ2) is 6.47. The first-order valence-electron chi connectivity index (χ1n) is 6.89. The highest BCUT2D eigenvalue weighted by molar-refractivity contribution is 6.39. The van der Waals surface area contributed by atoms with E-state index in [1.54, 1.807) is 17.0 Å². The van der Waals surface area contributed by atoms with Crippen LogP contribution in [-0.4, -0.2) is 41.0 Å². The maximum absolute atomic E-state index is 13.2. The van der Waals surface area contributed by atoms with Gasteiger partial charge in [0.1, 0.15) is 11.5 Å². The van der Waals surface area contributed by atoms with Gasteiger partial charge in [-0.25, -0.2) is 9.40 Å². The molecule has 2 amide bonds. The first-order chi connectivity index (χ1) is 10.0. The number of nitrogens with zero attached hydrogens (tertiary/aromatic N) is 3. The molecular weight excluding hydrogens is 273 g/mol. The first kappa shape index (κ1) is 15.2. The quantitative estimate of drug-likeness (QED) is 0.849. The van der Waals surface area contributed by atoms with E-state index in [1.807, 2.05) is 6.92 Å². The molecular formula is C15H18FN3O2. The molecule has 6 heteroatoms. The number of rotatable bonds is 4. The standard InChI is InChI=1S/C15H18FN3O2/c1-3-19(10-11-5-4-6-12(16)9-11)15(21)13-7-8-14(20)18(2)17-13/h4-6,9H,3,7-8,10H2,1-2H3. The van der Waals surface area contributed by atoms with E-state index in [1.165, 1.54) is 24.2 Å². The van der Waals surface area contributed by atoms with Crippen molar-refractivity contribution in [3.63, 3.8) is 0 Å². The van der Waals surface area contributed by atoms with Crippen LogP contribution in [0.1, 0.15) is 25.3 Å². The van der Waals surface area contributed by atoms with Gasteiger partial charge >= 0.3 is 0 Å². The van der Waals surface area contributed by atoms with Gasteiger partial charge in [-0.1, -0.05) is 12.1 Å². The van der Waals surface area contributed by atoms with Gasteiger partial charge in [-0.15, -0.1) is 0 Å². The first-order valence-corrected chi connectivity index (χ1v) is 6.89. The maximum Gasteiger partial charge on any atom is 0.270 e. The minimum atomic E-state index is -0.323. The lowest BCUT2D eigenvalue weighted by Gasteiger charge is -2.25. The summed E-state index contributed by atoms with van der Waals surface area (Å²) in [5.74, 6) is -0.628. The molecule has 112 valence electrons. The smallest absolute Gasteiger partial charge is 0.270 e. The summed E-state index contributed by atoms with van der Waals surface area (Å²) in [5.41, 5.74) is 1.10. The number of hydrogen-bond acceptors (Lipinski definition) is 3. The van der Waals surface area contributed by atoms with Gasteiger partial charge in [0, 0.05) is 33.0 Å². The predicted molar refractivity (Wildman–Crippen MR) is 76.9 cm³/mol. The van der Waals surface area contributed by atoms with E-state index in [9.17, 15) is 14.0 Å². The third-order valence-corrected chi connectivity index (χ3v) is 3.39. The molecule has 0 radical (unpaired) electrons. The summed E-state index contributed by atoms with van der Waals surface area (Å²) in [7, 11) is 1.54. The van der Waals surface area contributed by atoms with Crippen molar-refractivity contribution in [2.45, 2.75) is 26.3 Å². The topological polar surface area (TPSA) is 53.0 Å². The van der Waals surface area contributed by atoms with E-state index in [4.69, 9.17) is 0 Å². The van der Waals surface area contributed by atoms with Crippen molar-refractivity contribution in [1.82, 2.24) is 9.91 Å². The predicted octanol–water partition coefficient (Wildman–Crippen LogP) is 1.78. The van der Waals surface area contributed by atoms with Gasteiger partial charge in [-0.05, 0) is 24.6 Å². The SMILES string of the molecule is CCN(Cc1cccc(F)c1)C(=O)C1=NN(C)C(=O)CC1. The van der Waals surface area contributed by atoms with E-state index in [-0.39, 0.29) is 17.6 Å². The molecule has 1 aromatic carbocycles. The van der Waals surface area contributed by atoms with Crippen LogP contribution in [0.25, 0.3) is 0 Å². The molecule has 1 heterocycles. The number of amides is 2. The van der Waals surface area contributed by atoms with E-state index in [0.717, 1.165) is 5.56 Å². The molecule has 0 saturated heterocycles. The lowest BCUT2D eigenvalue weighted by atomic mass is 10.1. The summed E-state index contributed by atoms with van der Waals surface area (Å²) >= 11 is 0. The van der Waals surface area contributed by atoms with Crippen LogP contribution in [0.2, 0.25) is 0 Å². The molecule has 0 fully saturated rings. The molecule has 0 unspecified atom stereocenters. The Morgan fingerprint density at radius 2 is 2.19 bits per heavy atom. The summed E-state index contributed by atoms with van der Waals surface area (Å²) < 4.78 is 13.2. The summed E-state index contributed by atoms with van der Waals surface area (Å²) in [6, 6.07) is 6.17. The number of carbonyl (C=O) groups excluding carboxylic acids is 2. The maximum atomic E-state index is 13.2. The van der Waals surface area contributed by atoms with Gasteiger partial charge in [0.05, 0.1) is 0 Å². The minimum absolute atomic E-state index is 0.0975. The second-order valence-electron chi connectivity index (χ2n) is 4.91. The number of halogens is 1. The monoisotopic (exact) mass is 291 g/mol. The van der Waals surface area contributed by atoms with Crippen LogP contribution in [0.4, 0.5) is 4.39 Å². The molecule has 1 aliphatic rings. The Balaban J connectivity index is 2.12. The molecule has 21 heavy (non-hydrogen) atoms. The van der Waals surface area contributed by atoms with Gasteiger partial charge in [-0.2, -0.15) is 5.10 Å². The molecule has 0 N–H and O–H groups in total. The van der Waals surface area contributed by atoms with Crippen molar-refractivity contribution >= 4 is 17.5 Å². The van der Waals surface area contributed by atoms with Crippen molar-refractivity contribution < 1.29 is 14.0 Å². The molecule has 2 rings (SSSR count). The Bertz CT molecular complexity index is 586. The van der Waals surface area contributed by atoms with Crippen LogP contribution in [0.15, 0.2) is 29.4 Å². The normalized spacial score (nSPS) is 14.9. The van der Waals surface area contributed by atoms with E-state index >= 15 is 0 Å². The fourth-order valence-corrected chi connectivity index (χ4v) is 2.19. The fourth-order valence-electron chi connectivity index (χ4n) is 2.19. The second-order valence-corrected chi connectivity index (χ2v) is 4.91. The van der Waals surface area contributed by atoms with Crippen molar-refractivity contribution in [3.8, 4) is 0 Å². The van der Waals surface area contributed by atoms with Crippen molar-refractivity contribution in [1.29, 1.82) is 0 Å². The van der Waals surface area contributed by atoms with Gasteiger partial charge in [0.2, 0.25) is 5.91 Å². The summed E-state index contributed by atoms with van der Waals surface area (Å²) in [4.78, 5) is 25.4. The molecule has 0 saturated carbocycles. The molecule has 1 aliphatic heterocycles. The molecule has 1 aromatic rings. The molecule has 0 bridgehead atoms. The zero-order chi connectivity index (χ0) is 15.4. The molecule has 0 aliphatic carbocycles. The molecule has 0 spiro atoms. The van der Waals surface area contributed by atoms with Crippen LogP contribution in [-0.2, 0) is 16.1 Å². The van der Waals surface area contributed by atoms with Crippen molar-refractivity contribution in [3.05, 3.63) is 35.6 Å². The third-order valence-electron chi connectivity index (χ3n) is 3.39. The van der Waals surface area contributed by atoms with Crippen LogP contribution in [0.5, 0.6) is 0 Å². The average molecular weight is 291 g/mol. The minimum Gasteiger partial charge on any atom is -0.333 e. The van der Waals surface area contributed by atoms with Crippen LogP contribution >= 0.6 is 0 Å². The van der Waals surface area contributed by atoms with E-state index in [0.29, 0.717) is 31.6 Å². The fraction of sp³-hybridized carbons (Fsp3) is 0.400. The average Bonchev–Trinajstić information content (AvgIpc) is 2.47. The summed E-state index contributed by atoms with van der Waals surface area (Å²) in [5, 5.41) is 5.23. The zero-order valence-electron chi connectivity index (χ0n) is 12.2. The van der Waals surface area contributed by atoms with Crippen molar-refractivity contribution in [2.24, 2.45) is 5.10 Å². The van der Waals surface area contributed by atoms with Crippen LogP contribution in [0, 0.1) is 5.82 Å². The van der Waals surface area contributed by atoms with E-state index < -0.39 is 0 Å². The molecule has 5 nitrogen and oxygen atoms in total. The highest BCUT2D eigenvalue weighted by Crippen LogP contribution is 2.12. The Labute approximate surface area is 123 Å². The highest BCUT2D eigenvalue weighted by atomic mass is 19.1. The van der Waals surface area contributed by atoms with Gasteiger partial charge in [0.25, 0.3) is 5.91 Å². The lowest BCUT2D eigenvalue weighted by molar-refractivity contribution is -0.130. The van der Waals surface area contributed by atoms with Crippen molar-refractivity contribution in [2.75, 3.05) is 13.6 Å². The van der Waals surface area contributed by atoms with E-state index in [2.05, 4.69) is 5.10 Å². The summed E-state index contributed by atoms with van der Waals surface area (Å²) in [6.45, 7) is 2.67. The molecule has 0 atom stereocenters. The number of hydrogen-bond donors (Lipinski definition) is 0. The Hall–Kier alpha value is -2.24. The molecule has 0 aromatic heterocycles. The van der Waals surface area contributed by atoms with Gasteiger partial charge in [0.15, 0.2) is 0 Å². The number of carbonyl (C=O) groups is 2. The summed E-state index contributed by atoms with van der Waals surface area (Å²) in [6.07, 6.45) is 0.639. The lowest BCUT2D eigenvalue weighted by Crippen LogP contribution is -2.40. The Kier molecular flexibility index (Phi) is 4.67. The Morgan fingerprint density at radius 1 is 1.43 bits per heavy atom. The highest BCUT2D eigenvalue weighted by Gasteiger charge is 2.25. The van der Waals surface area contributed by atoms with Gasteiger partial charge < -0.3 is 4.90 Å². The number of benzene rings is 1. The third kappa shape index (κ3) is 3.65. The van der Waals surface area contributed by atoms with Crippen LogP contribution < -0.4 is 0 Å². The zero-order valence-corrected chi connectivity index (χ0v) is 12.2.